The van der Waals surface area contributed by atoms with E-state index in [2.05, 4.69) is 9.97 Å². The van der Waals surface area contributed by atoms with E-state index < -0.39 is 6.10 Å². The number of methoxy groups -OCH3 is 3. The van der Waals surface area contributed by atoms with Crippen molar-refractivity contribution in [2.45, 2.75) is 6.10 Å². The largest absolute Gasteiger partial charge is 0.493 e. The number of rotatable bonds is 5. The molecular formula is C14H17ClN4O4. The van der Waals surface area contributed by atoms with Crippen LogP contribution in [0.4, 0.5) is 11.8 Å². The Kier molecular flexibility index (Phi) is 4.97. The van der Waals surface area contributed by atoms with Crippen LogP contribution >= 0.6 is 11.6 Å². The molecule has 1 heterocycles. The van der Waals surface area contributed by atoms with E-state index in [1.165, 1.54) is 33.6 Å². The van der Waals surface area contributed by atoms with E-state index in [4.69, 9.17) is 37.3 Å². The number of ether oxygens (including phenoxy) is 3. The highest BCUT2D eigenvalue weighted by atomic mass is 35.5. The smallest absolute Gasteiger partial charge is 0.221 e. The van der Waals surface area contributed by atoms with E-state index in [0.717, 1.165) is 0 Å². The summed E-state index contributed by atoms with van der Waals surface area (Å²) in [5.41, 5.74) is 11.8. The minimum absolute atomic E-state index is 0.00874. The van der Waals surface area contributed by atoms with Crippen LogP contribution in [-0.4, -0.2) is 36.4 Å². The Hall–Kier alpha value is -2.45. The molecule has 0 saturated heterocycles. The van der Waals surface area contributed by atoms with E-state index in [9.17, 15) is 5.11 Å². The van der Waals surface area contributed by atoms with E-state index in [1.807, 2.05) is 0 Å². The van der Waals surface area contributed by atoms with Gasteiger partial charge in [0.05, 0.1) is 26.4 Å². The Morgan fingerprint density at radius 3 is 2.26 bits per heavy atom. The Morgan fingerprint density at radius 1 is 1.09 bits per heavy atom. The third kappa shape index (κ3) is 3.03. The van der Waals surface area contributed by atoms with Crippen molar-refractivity contribution in [3.8, 4) is 17.2 Å². The SMILES string of the molecule is COc1cc(C(O)c2cnc(N)nc2N)c(Cl)c(OC)c1OC. The van der Waals surface area contributed by atoms with Crippen molar-refractivity contribution in [1.29, 1.82) is 0 Å². The van der Waals surface area contributed by atoms with Crippen molar-refractivity contribution < 1.29 is 19.3 Å². The van der Waals surface area contributed by atoms with Gasteiger partial charge in [0.2, 0.25) is 11.7 Å². The molecule has 0 bridgehead atoms. The maximum Gasteiger partial charge on any atom is 0.221 e. The third-order valence-corrected chi connectivity index (χ3v) is 3.64. The van der Waals surface area contributed by atoms with Gasteiger partial charge in [-0.1, -0.05) is 11.6 Å². The number of nitrogens with two attached hydrogens (primary N) is 2. The van der Waals surface area contributed by atoms with E-state index in [1.54, 1.807) is 0 Å². The van der Waals surface area contributed by atoms with Crippen LogP contribution in [0.3, 0.4) is 0 Å². The van der Waals surface area contributed by atoms with Gasteiger partial charge in [0.25, 0.3) is 0 Å². The molecule has 1 unspecified atom stereocenters. The van der Waals surface area contributed by atoms with Crippen molar-refractivity contribution >= 4 is 23.4 Å². The zero-order chi connectivity index (χ0) is 17.1. The Balaban J connectivity index is 2.62. The molecule has 0 fully saturated rings. The molecule has 9 heteroatoms. The maximum absolute atomic E-state index is 10.6. The van der Waals surface area contributed by atoms with Crippen molar-refractivity contribution in [2.75, 3.05) is 32.8 Å². The summed E-state index contributed by atoms with van der Waals surface area (Å²) in [5, 5.41) is 10.8. The second kappa shape index (κ2) is 6.76. The normalized spacial score (nSPS) is 11.9. The number of aliphatic hydroxyl groups is 1. The maximum atomic E-state index is 10.6. The van der Waals surface area contributed by atoms with Gasteiger partial charge in [-0.15, -0.1) is 0 Å². The first-order valence-electron chi connectivity index (χ1n) is 6.48. The number of anilines is 2. The highest BCUT2D eigenvalue weighted by molar-refractivity contribution is 6.33. The van der Waals surface area contributed by atoms with Gasteiger partial charge in [-0.3, -0.25) is 0 Å². The summed E-state index contributed by atoms with van der Waals surface area (Å²) in [4.78, 5) is 7.65. The van der Waals surface area contributed by atoms with E-state index in [-0.39, 0.29) is 28.1 Å². The van der Waals surface area contributed by atoms with Crippen molar-refractivity contribution in [3.05, 3.63) is 28.4 Å². The number of nitrogens with zero attached hydrogens (tertiary/aromatic N) is 2. The minimum Gasteiger partial charge on any atom is -0.493 e. The fourth-order valence-electron chi connectivity index (χ4n) is 2.14. The van der Waals surface area contributed by atoms with Crippen molar-refractivity contribution in [1.82, 2.24) is 9.97 Å². The summed E-state index contributed by atoms with van der Waals surface area (Å²) in [7, 11) is 4.35. The average molecular weight is 341 g/mol. The molecular weight excluding hydrogens is 324 g/mol. The number of nitrogen functional groups attached to an aromatic ring is 2. The van der Waals surface area contributed by atoms with Crippen LogP contribution in [0.1, 0.15) is 17.2 Å². The fourth-order valence-corrected chi connectivity index (χ4v) is 2.46. The molecule has 23 heavy (non-hydrogen) atoms. The molecule has 0 saturated carbocycles. The molecule has 0 aliphatic heterocycles. The first kappa shape index (κ1) is 16.9. The van der Waals surface area contributed by atoms with Gasteiger partial charge >= 0.3 is 0 Å². The lowest BCUT2D eigenvalue weighted by Gasteiger charge is -2.20. The lowest BCUT2D eigenvalue weighted by Crippen LogP contribution is -2.10. The second-order valence-corrected chi connectivity index (χ2v) is 4.90. The van der Waals surface area contributed by atoms with Crippen LogP contribution in [-0.2, 0) is 0 Å². The first-order chi connectivity index (χ1) is 10.9. The van der Waals surface area contributed by atoms with Gasteiger partial charge in [-0.2, -0.15) is 4.98 Å². The molecule has 1 atom stereocenters. The van der Waals surface area contributed by atoms with Gasteiger partial charge in [0.1, 0.15) is 11.9 Å². The van der Waals surface area contributed by atoms with E-state index in [0.29, 0.717) is 17.1 Å². The molecule has 1 aromatic heterocycles. The molecule has 8 nitrogen and oxygen atoms in total. The number of hydrogen-bond acceptors (Lipinski definition) is 8. The van der Waals surface area contributed by atoms with Gasteiger partial charge < -0.3 is 30.8 Å². The van der Waals surface area contributed by atoms with Gasteiger partial charge in [-0.25, -0.2) is 4.98 Å². The Bertz CT molecular complexity index is 726. The van der Waals surface area contributed by atoms with E-state index >= 15 is 0 Å². The Morgan fingerprint density at radius 2 is 1.74 bits per heavy atom. The molecule has 0 spiro atoms. The number of benzene rings is 1. The number of halogens is 1. The summed E-state index contributed by atoms with van der Waals surface area (Å²) in [6.07, 6.45) is 0.138. The summed E-state index contributed by atoms with van der Waals surface area (Å²) < 4.78 is 15.7. The summed E-state index contributed by atoms with van der Waals surface area (Å²) in [5.74, 6) is 0.956. The molecule has 0 aliphatic rings. The lowest BCUT2D eigenvalue weighted by atomic mass is 10.0. The first-order valence-corrected chi connectivity index (χ1v) is 6.86. The zero-order valence-corrected chi connectivity index (χ0v) is 13.6. The van der Waals surface area contributed by atoms with Crippen molar-refractivity contribution in [2.24, 2.45) is 0 Å². The van der Waals surface area contributed by atoms with Crippen LogP contribution in [0.5, 0.6) is 17.2 Å². The molecule has 5 N–H and O–H groups in total. The van der Waals surface area contributed by atoms with Crippen molar-refractivity contribution in [3.63, 3.8) is 0 Å². The summed E-state index contributed by atoms with van der Waals surface area (Å²) in [6, 6.07) is 1.53. The number of aromatic nitrogens is 2. The minimum atomic E-state index is -1.20. The quantitative estimate of drug-likeness (QED) is 0.745. The number of hydrogen-bond donors (Lipinski definition) is 3. The molecule has 0 amide bonds. The van der Waals surface area contributed by atoms with Gasteiger partial charge in [-0.05, 0) is 6.07 Å². The molecule has 1 aromatic carbocycles. The number of aliphatic hydroxyl groups excluding tert-OH is 1. The zero-order valence-electron chi connectivity index (χ0n) is 12.8. The topological polar surface area (TPSA) is 126 Å². The molecule has 124 valence electrons. The van der Waals surface area contributed by atoms with Crippen LogP contribution < -0.4 is 25.7 Å². The predicted octanol–water partition coefficient (Wildman–Crippen LogP) is 1.40. The molecule has 2 aromatic rings. The highest BCUT2D eigenvalue weighted by Crippen LogP contribution is 2.47. The molecule has 2 rings (SSSR count). The second-order valence-electron chi connectivity index (χ2n) is 4.52. The summed E-state index contributed by atoms with van der Waals surface area (Å²) >= 11 is 6.32. The molecule has 0 aliphatic carbocycles. The Labute approximate surface area is 138 Å². The lowest BCUT2D eigenvalue weighted by molar-refractivity contribution is 0.218. The third-order valence-electron chi connectivity index (χ3n) is 3.25. The standard InChI is InChI=1S/C14H17ClN4O4/c1-21-8-4-6(9(15)12(23-3)11(8)22-2)10(20)7-5-18-14(17)19-13(7)16/h4-5,10,20H,1-3H3,(H4,16,17,18,19). The summed E-state index contributed by atoms with van der Waals surface area (Å²) in [6.45, 7) is 0. The highest BCUT2D eigenvalue weighted by Gasteiger charge is 2.25. The van der Waals surface area contributed by atoms with Gasteiger partial charge in [0, 0.05) is 17.3 Å². The average Bonchev–Trinajstić information content (AvgIpc) is 2.53. The molecule has 0 radical (unpaired) electrons. The van der Waals surface area contributed by atoms with Crippen LogP contribution in [0, 0.1) is 0 Å². The van der Waals surface area contributed by atoms with Crippen LogP contribution in [0.15, 0.2) is 12.3 Å². The monoisotopic (exact) mass is 340 g/mol. The predicted molar refractivity (Wildman–Crippen MR) is 86.0 cm³/mol. The van der Waals surface area contributed by atoms with Crippen LogP contribution in [0.25, 0.3) is 0 Å². The fraction of sp³-hybridized carbons (Fsp3) is 0.286. The van der Waals surface area contributed by atoms with Crippen LogP contribution in [0.2, 0.25) is 5.02 Å². The van der Waals surface area contributed by atoms with Gasteiger partial charge in [0.15, 0.2) is 11.5 Å².